The molecule has 0 aliphatic heterocycles. The van der Waals surface area contributed by atoms with E-state index in [1.54, 1.807) is 19.1 Å². The molecule has 0 aromatic heterocycles. The molecule has 1 aliphatic carbocycles. The molecule has 2 aromatic carbocycles. The smallest absolute Gasteiger partial charge is 0.310 e. The molecule has 1 aliphatic rings. The molecule has 0 unspecified atom stereocenters. The van der Waals surface area contributed by atoms with E-state index in [-0.39, 0.29) is 17.8 Å². The quantitative estimate of drug-likeness (QED) is 0.633. The Balaban J connectivity index is 1.78. The highest BCUT2D eigenvalue weighted by Gasteiger charge is 2.45. The third-order valence-electron chi connectivity index (χ3n) is 4.82. The summed E-state index contributed by atoms with van der Waals surface area (Å²) in [5, 5.41) is 23.3. The van der Waals surface area contributed by atoms with Crippen LogP contribution in [0.15, 0.2) is 42.5 Å². The van der Waals surface area contributed by atoms with Crippen LogP contribution in [0.3, 0.4) is 0 Å². The number of rotatable bonds is 5. The normalized spacial score (nSPS) is 14.5. The van der Waals surface area contributed by atoms with Crippen LogP contribution in [0, 0.1) is 22.5 Å². The van der Waals surface area contributed by atoms with Crippen molar-refractivity contribution >= 4 is 23.3 Å². The van der Waals surface area contributed by atoms with Gasteiger partial charge in [-0.25, -0.2) is 0 Å². The number of anilines is 1. The second-order valence-corrected chi connectivity index (χ2v) is 6.69. The molecule has 0 atom stereocenters. The maximum absolute atomic E-state index is 12.5. The van der Waals surface area contributed by atoms with Crippen molar-refractivity contribution in [1.29, 1.82) is 0 Å². The molecule has 2 aromatic rings. The Bertz CT molecular complexity index is 882. The molecule has 7 heteroatoms. The molecule has 0 bridgehead atoms. The molecule has 2 N–H and O–H groups in total. The van der Waals surface area contributed by atoms with Gasteiger partial charge < -0.3 is 10.4 Å². The van der Waals surface area contributed by atoms with Gasteiger partial charge in [-0.15, -0.1) is 0 Å². The molecule has 134 valence electrons. The highest BCUT2D eigenvalue weighted by Crippen LogP contribution is 2.40. The average Bonchev–Trinajstić information content (AvgIpc) is 2.95. The molecule has 0 saturated carbocycles. The fourth-order valence-electron chi connectivity index (χ4n) is 3.44. The summed E-state index contributed by atoms with van der Waals surface area (Å²) in [6.07, 6.45) is 0.388. The Kier molecular flexibility index (Phi) is 4.46. The predicted molar refractivity (Wildman–Crippen MR) is 95.0 cm³/mol. The number of nitrogens with zero attached hydrogens (tertiary/aromatic N) is 1. The van der Waals surface area contributed by atoms with Gasteiger partial charge in [-0.3, -0.25) is 19.7 Å². The van der Waals surface area contributed by atoms with E-state index in [0.717, 1.165) is 11.1 Å². The highest BCUT2D eigenvalue weighted by atomic mass is 16.6. The summed E-state index contributed by atoms with van der Waals surface area (Å²) in [6.45, 7) is 1.61. The third-order valence-corrected chi connectivity index (χ3v) is 4.82. The van der Waals surface area contributed by atoms with E-state index in [0.29, 0.717) is 18.4 Å². The van der Waals surface area contributed by atoms with Crippen LogP contribution in [0.25, 0.3) is 0 Å². The summed E-state index contributed by atoms with van der Waals surface area (Å²) >= 11 is 0. The van der Waals surface area contributed by atoms with E-state index in [9.17, 15) is 24.8 Å². The largest absolute Gasteiger partial charge is 0.481 e. The van der Waals surface area contributed by atoms with Crippen LogP contribution in [0.4, 0.5) is 11.4 Å². The Labute approximate surface area is 149 Å². The lowest BCUT2D eigenvalue weighted by atomic mass is 9.81. The molecular formula is C19H18N2O5. The van der Waals surface area contributed by atoms with Gasteiger partial charge in [0, 0.05) is 23.7 Å². The highest BCUT2D eigenvalue weighted by molar-refractivity contribution is 5.95. The number of amides is 1. The molecule has 3 rings (SSSR count). The van der Waals surface area contributed by atoms with Crippen molar-refractivity contribution in [3.8, 4) is 0 Å². The first-order chi connectivity index (χ1) is 12.3. The number of carboxylic acid groups (broad SMARTS) is 1. The van der Waals surface area contributed by atoms with Crippen molar-refractivity contribution in [3.63, 3.8) is 0 Å². The van der Waals surface area contributed by atoms with Gasteiger partial charge in [0.2, 0.25) is 5.91 Å². The fraction of sp³-hybridized carbons (Fsp3) is 0.263. The topological polar surface area (TPSA) is 110 Å². The lowest BCUT2D eigenvalue weighted by Gasteiger charge is -2.23. The molecule has 0 spiro atoms. The fourth-order valence-corrected chi connectivity index (χ4v) is 3.44. The Morgan fingerprint density at radius 1 is 1.19 bits per heavy atom. The van der Waals surface area contributed by atoms with Crippen molar-refractivity contribution in [1.82, 2.24) is 0 Å². The summed E-state index contributed by atoms with van der Waals surface area (Å²) in [7, 11) is 0. The van der Waals surface area contributed by atoms with E-state index in [1.165, 1.54) is 6.07 Å². The van der Waals surface area contributed by atoms with Crippen LogP contribution in [0.2, 0.25) is 0 Å². The monoisotopic (exact) mass is 354 g/mol. The van der Waals surface area contributed by atoms with Gasteiger partial charge in [-0.1, -0.05) is 30.3 Å². The van der Waals surface area contributed by atoms with Gasteiger partial charge in [-0.2, -0.15) is 0 Å². The second kappa shape index (κ2) is 6.59. The van der Waals surface area contributed by atoms with Crippen molar-refractivity contribution in [2.24, 2.45) is 5.41 Å². The van der Waals surface area contributed by atoms with Gasteiger partial charge in [0.05, 0.1) is 10.3 Å². The van der Waals surface area contributed by atoms with Gasteiger partial charge in [-0.05, 0) is 37.0 Å². The number of fused-ring (bicyclic) bond motifs is 1. The molecule has 7 nitrogen and oxygen atoms in total. The zero-order valence-electron chi connectivity index (χ0n) is 14.2. The van der Waals surface area contributed by atoms with Gasteiger partial charge in [0.25, 0.3) is 5.69 Å². The lowest BCUT2D eigenvalue weighted by Crippen LogP contribution is -2.36. The predicted octanol–water partition coefficient (Wildman–Crippen LogP) is 3.10. The minimum absolute atomic E-state index is 0.0935. The van der Waals surface area contributed by atoms with Crippen LogP contribution in [-0.2, 0) is 22.4 Å². The maximum Gasteiger partial charge on any atom is 0.310 e. The molecule has 0 fully saturated rings. The number of carboxylic acids is 1. The van der Waals surface area contributed by atoms with E-state index in [1.807, 2.05) is 24.3 Å². The van der Waals surface area contributed by atoms with Crippen molar-refractivity contribution in [3.05, 3.63) is 69.3 Å². The first-order valence-electron chi connectivity index (χ1n) is 8.16. The van der Waals surface area contributed by atoms with E-state index < -0.39 is 22.2 Å². The van der Waals surface area contributed by atoms with Crippen molar-refractivity contribution < 1.29 is 19.6 Å². The Morgan fingerprint density at radius 2 is 1.81 bits per heavy atom. The molecular weight excluding hydrogens is 336 g/mol. The number of aliphatic carboxylic acids is 1. The van der Waals surface area contributed by atoms with Crippen LogP contribution in [0.5, 0.6) is 0 Å². The van der Waals surface area contributed by atoms with Gasteiger partial charge in [0.1, 0.15) is 0 Å². The molecule has 0 saturated heterocycles. The van der Waals surface area contributed by atoms with Crippen molar-refractivity contribution in [2.45, 2.75) is 26.2 Å². The minimum atomic E-state index is -1.19. The van der Waals surface area contributed by atoms with E-state index in [2.05, 4.69) is 5.32 Å². The van der Waals surface area contributed by atoms with Gasteiger partial charge >= 0.3 is 5.97 Å². The number of hydrogen-bond donors (Lipinski definition) is 2. The Hall–Kier alpha value is -3.22. The number of hydrogen-bond acceptors (Lipinski definition) is 4. The van der Waals surface area contributed by atoms with Crippen LogP contribution < -0.4 is 5.32 Å². The van der Waals surface area contributed by atoms with Gasteiger partial charge in [0.15, 0.2) is 0 Å². The van der Waals surface area contributed by atoms with Crippen LogP contribution in [0.1, 0.15) is 23.1 Å². The second-order valence-electron chi connectivity index (χ2n) is 6.69. The number of nitro benzene ring substituents is 1. The summed E-state index contributed by atoms with van der Waals surface area (Å²) in [6, 6.07) is 11.8. The number of benzene rings is 2. The zero-order chi connectivity index (χ0) is 18.9. The van der Waals surface area contributed by atoms with Crippen molar-refractivity contribution in [2.75, 3.05) is 5.32 Å². The number of aryl methyl sites for hydroxylation is 1. The Morgan fingerprint density at radius 3 is 2.35 bits per heavy atom. The minimum Gasteiger partial charge on any atom is -0.481 e. The van der Waals surface area contributed by atoms with E-state index >= 15 is 0 Å². The number of carbonyl (C=O) groups is 2. The maximum atomic E-state index is 12.5. The summed E-state index contributed by atoms with van der Waals surface area (Å²) in [4.78, 5) is 34.9. The molecule has 26 heavy (non-hydrogen) atoms. The van der Waals surface area contributed by atoms with E-state index in [4.69, 9.17) is 0 Å². The molecule has 0 radical (unpaired) electrons. The third kappa shape index (κ3) is 3.28. The first-order valence-corrected chi connectivity index (χ1v) is 8.16. The average molecular weight is 354 g/mol. The SMILES string of the molecule is Cc1ccc(NC(=O)CC2(C(=O)O)Cc3ccccc3C2)cc1[N+](=O)[O-]. The zero-order valence-corrected chi connectivity index (χ0v) is 14.2. The first kappa shape index (κ1) is 17.6. The summed E-state index contributed by atoms with van der Waals surface area (Å²) < 4.78 is 0. The number of nitro groups is 1. The molecule has 1 amide bonds. The summed E-state index contributed by atoms with van der Waals surface area (Å²) in [5.41, 5.74) is 1.36. The number of carbonyl (C=O) groups excluding carboxylic acids is 1. The summed E-state index contributed by atoms with van der Waals surface area (Å²) in [5.74, 6) is -1.49. The lowest BCUT2D eigenvalue weighted by molar-refractivity contribution is -0.385. The van der Waals surface area contributed by atoms with Crippen LogP contribution in [-0.4, -0.2) is 21.9 Å². The number of nitrogens with one attached hydrogen (secondary N) is 1. The molecule has 0 heterocycles. The van der Waals surface area contributed by atoms with Crippen LogP contribution >= 0.6 is 0 Å². The standard InChI is InChI=1S/C19H18N2O5/c1-12-6-7-15(8-16(12)21(25)26)20-17(22)11-19(18(23)24)9-13-4-2-3-5-14(13)10-19/h2-8H,9-11H2,1H3,(H,20,22)(H,23,24).